The van der Waals surface area contributed by atoms with Gasteiger partial charge in [0.15, 0.2) is 11.5 Å². The fourth-order valence-corrected chi connectivity index (χ4v) is 3.52. The third kappa shape index (κ3) is 3.83. The Morgan fingerprint density at radius 3 is 2.73 bits per heavy atom. The minimum absolute atomic E-state index is 0.0289. The second kappa shape index (κ2) is 7.74. The number of carbonyl (C=O) groups excluding carboxylic acids is 1. The third-order valence-electron chi connectivity index (χ3n) is 4.96. The monoisotopic (exact) mass is 417 g/mol. The Labute approximate surface area is 170 Å². The molecule has 0 saturated heterocycles. The van der Waals surface area contributed by atoms with Gasteiger partial charge in [0.1, 0.15) is 6.61 Å². The zero-order valence-electron chi connectivity index (χ0n) is 15.9. The summed E-state index contributed by atoms with van der Waals surface area (Å²) in [6, 6.07) is 10.4. The van der Waals surface area contributed by atoms with Crippen LogP contribution in [-0.4, -0.2) is 23.2 Å². The first-order chi connectivity index (χ1) is 14.4. The van der Waals surface area contributed by atoms with Crippen LogP contribution in [0, 0.1) is 0 Å². The van der Waals surface area contributed by atoms with Crippen molar-refractivity contribution < 1.29 is 27.4 Å². The second-order valence-corrected chi connectivity index (χ2v) is 6.84. The van der Waals surface area contributed by atoms with Crippen molar-refractivity contribution in [3.8, 4) is 11.5 Å². The maximum absolute atomic E-state index is 13.2. The number of amides is 1. The van der Waals surface area contributed by atoms with Crippen LogP contribution in [0.1, 0.15) is 34.7 Å². The van der Waals surface area contributed by atoms with Gasteiger partial charge in [-0.25, -0.2) is 0 Å². The number of alkyl halides is 3. The Kier molecular flexibility index (Phi) is 5.11. The van der Waals surface area contributed by atoms with Crippen LogP contribution in [0.25, 0.3) is 0 Å². The van der Waals surface area contributed by atoms with E-state index in [1.807, 2.05) is 0 Å². The van der Waals surface area contributed by atoms with Crippen LogP contribution < -0.4 is 14.8 Å². The van der Waals surface area contributed by atoms with E-state index in [1.54, 1.807) is 24.4 Å². The number of methoxy groups -OCH3 is 1. The summed E-state index contributed by atoms with van der Waals surface area (Å²) in [6.45, 7) is -0.263. The van der Waals surface area contributed by atoms with Gasteiger partial charge in [-0.2, -0.15) is 18.3 Å². The largest absolute Gasteiger partial charge is 0.493 e. The number of benzene rings is 2. The summed E-state index contributed by atoms with van der Waals surface area (Å²) in [5.41, 5.74) is 1.42. The van der Waals surface area contributed by atoms with Gasteiger partial charge in [0, 0.05) is 24.1 Å². The van der Waals surface area contributed by atoms with Crippen LogP contribution in [0.2, 0.25) is 0 Å². The first-order valence-corrected chi connectivity index (χ1v) is 9.16. The molecule has 2 N–H and O–H groups in total. The number of hydrogen-bond acceptors (Lipinski definition) is 4. The molecule has 0 spiro atoms. The number of nitrogens with zero attached hydrogens (tertiary/aromatic N) is 1. The van der Waals surface area contributed by atoms with Gasteiger partial charge in [0.05, 0.1) is 24.1 Å². The SMILES string of the molecule is COc1cc(C2CC(=O)Nc3c[nH]nc32)ccc1OCc1ccccc1C(F)(F)F. The zero-order valence-corrected chi connectivity index (χ0v) is 15.9. The maximum atomic E-state index is 13.2. The van der Waals surface area contributed by atoms with Crippen molar-refractivity contribution in [3.05, 3.63) is 71.0 Å². The Morgan fingerprint density at radius 2 is 1.97 bits per heavy atom. The predicted octanol–water partition coefficient (Wildman–Crippen LogP) is 4.49. The Morgan fingerprint density at radius 1 is 1.17 bits per heavy atom. The molecule has 4 rings (SSSR count). The summed E-state index contributed by atoms with van der Waals surface area (Å²) in [7, 11) is 1.45. The minimum Gasteiger partial charge on any atom is -0.493 e. The van der Waals surface area contributed by atoms with E-state index in [4.69, 9.17) is 9.47 Å². The summed E-state index contributed by atoms with van der Waals surface area (Å²) >= 11 is 0. The van der Waals surface area contributed by atoms with Gasteiger partial charge >= 0.3 is 6.18 Å². The van der Waals surface area contributed by atoms with Gasteiger partial charge in [-0.15, -0.1) is 0 Å². The fraction of sp³-hybridized carbons (Fsp3) is 0.238. The molecule has 2 heterocycles. The Balaban J connectivity index is 1.59. The predicted molar refractivity (Wildman–Crippen MR) is 102 cm³/mol. The average Bonchev–Trinajstić information content (AvgIpc) is 3.19. The van der Waals surface area contributed by atoms with Crippen molar-refractivity contribution in [1.82, 2.24) is 10.2 Å². The van der Waals surface area contributed by atoms with E-state index < -0.39 is 11.7 Å². The second-order valence-electron chi connectivity index (χ2n) is 6.84. The minimum atomic E-state index is -4.46. The highest BCUT2D eigenvalue weighted by Gasteiger charge is 2.33. The van der Waals surface area contributed by atoms with Crippen LogP contribution in [-0.2, 0) is 17.6 Å². The number of anilines is 1. The van der Waals surface area contributed by atoms with Crippen molar-refractivity contribution in [1.29, 1.82) is 0 Å². The van der Waals surface area contributed by atoms with E-state index in [0.717, 1.165) is 11.6 Å². The number of H-pyrrole nitrogens is 1. The Hall–Kier alpha value is -3.49. The van der Waals surface area contributed by atoms with Crippen LogP contribution in [0.5, 0.6) is 11.5 Å². The summed E-state index contributed by atoms with van der Waals surface area (Å²) in [4.78, 5) is 12.0. The maximum Gasteiger partial charge on any atom is 0.416 e. The van der Waals surface area contributed by atoms with Crippen LogP contribution in [0.3, 0.4) is 0 Å². The zero-order chi connectivity index (χ0) is 21.3. The smallest absolute Gasteiger partial charge is 0.416 e. The number of hydrogen-bond donors (Lipinski definition) is 2. The lowest BCUT2D eigenvalue weighted by Gasteiger charge is -2.22. The molecule has 0 aliphatic carbocycles. The van der Waals surface area contributed by atoms with Crippen LogP contribution >= 0.6 is 0 Å². The number of rotatable bonds is 5. The van der Waals surface area contributed by atoms with E-state index >= 15 is 0 Å². The molecule has 6 nitrogen and oxygen atoms in total. The molecule has 156 valence electrons. The van der Waals surface area contributed by atoms with E-state index in [-0.39, 0.29) is 30.4 Å². The summed E-state index contributed by atoms with van der Waals surface area (Å²) in [6.07, 6.45) is -2.62. The number of ether oxygens (including phenoxy) is 2. The van der Waals surface area contributed by atoms with Gasteiger partial charge in [-0.1, -0.05) is 24.3 Å². The summed E-state index contributed by atoms with van der Waals surface area (Å²) < 4.78 is 50.6. The van der Waals surface area contributed by atoms with Crippen molar-refractivity contribution in [2.45, 2.75) is 25.1 Å². The molecule has 9 heteroatoms. The third-order valence-corrected chi connectivity index (χ3v) is 4.96. The lowest BCUT2D eigenvalue weighted by atomic mass is 9.89. The highest BCUT2D eigenvalue weighted by molar-refractivity contribution is 5.94. The summed E-state index contributed by atoms with van der Waals surface area (Å²) in [5, 5.41) is 9.72. The van der Waals surface area contributed by atoms with E-state index in [9.17, 15) is 18.0 Å². The summed E-state index contributed by atoms with van der Waals surface area (Å²) in [5.74, 6) is 0.270. The number of carbonyl (C=O) groups is 1. The molecule has 0 radical (unpaired) electrons. The molecule has 0 saturated carbocycles. The standard InChI is InChI=1S/C21H18F3N3O3/c1-29-18-8-12(14-9-19(28)26-16-10-25-27-20(14)16)6-7-17(18)30-11-13-4-2-3-5-15(13)21(22,23)24/h2-8,10,14H,9,11H2,1H3,(H,25,27)(H,26,28). The number of aromatic nitrogens is 2. The average molecular weight is 417 g/mol. The van der Waals surface area contributed by atoms with Crippen molar-refractivity contribution in [3.63, 3.8) is 0 Å². The molecule has 1 aromatic heterocycles. The van der Waals surface area contributed by atoms with Gasteiger partial charge in [0.2, 0.25) is 5.91 Å². The van der Waals surface area contributed by atoms with Crippen molar-refractivity contribution >= 4 is 11.6 Å². The number of aromatic amines is 1. The lowest BCUT2D eigenvalue weighted by Crippen LogP contribution is -2.23. The van der Waals surface area contributed by atoms with E-state index in [2.05, 4.69) is 15.5 Å². The number of fused-ring (bicyclic) bond motifs is 1. The first-order valence-electron chi connectivity index (χ1n) is 9.16. The quantitative estimate of drug-likeness (QED) is 0.641. The van der Waals surface area contributed by atoms with Gasteiger partial charge < -0.3 is 14.8 Å². The molecule has 1 atom stereocenters. The number of halogens is 3. The molecular formula is C21H18F3N3O3. The van der Waals surface area contributed by atoms with Gasteiger partial charge in [-0.05, 0) is 23.8 Å². The molecule has 1 aliphatic heterocycles. The Bertz CT molecular complexity index is 1080. The fourth-order valence-electron chi connectivity index (χ4n) is 3.52. The van der Waals surface area contributed by atoms with Crippen LogP contribution in [0.15, 0.2) is 48.7 Å². The molecule has 1 unspecified atom stereocenters. The van der Waals surface area contributed by atoms with E-state index in [1.165, 1.54) is 25.3 Å². The normalized spacial score (nSPS) is 16.0. The first kappa shape index (κ1) is 19.8. The van der Waals surface area contributed by atoms with Gasteiger partial charge in [0.25, 0.3) is 0 Å². The molecule has 1 aliphatic rings. The molecule has 2 aromatic carbocycles. The lowest BCUT2D eigenvalue weighted by molar-refractivity contribution is -0.138. The van der Waals surface area contributed by atoms with Crippen molar-refractivity contribution in [2.75, 3.05) is 12.4 Å². The molecule has 0 fully saturated rings. The molecule has 0 bridgehead atoms. The highest BCUT2D eigenvalue weighted by atomic mass is 19.4. The van der Waals surface area contributed by atoms with Crippen molar-refractivity contribution in [2.24, 2.45) is 0 Å². The highest BCUT2D eigenvalue weighted by Crippen LogP contribution is 2.39. The van der Waals surface area contributed by atoms with Crippen LogP contribution in [0.4, 0.5) is 18.9 Å². The molecule has 1 amide bonds. The topological polar surface area (TPSA) is 76.2 Å². The number of nitrogens with one attached hydrogen (secondary N) is 2. The molecule has 30 heavy (non-hydrogen) atoms. The van der Waals surface area contributed by atoms with Gasteiger partial charge in [-0.3, -0.25) is 9.89 Å². The van der Waals surface area contributed by atoms with E-state index in [0.29, 0.717) is 22.9 Å². The molecule has 3 aromatic rings. The molecular weight excluding hydrogens is 399 g/mol.